The largest absolute Gasteiger partial charge is 0.478 e. The second kappa shape index (κ2) is 6.24. The number of aliphatic imine (C=N–C) groups is 1. The minimum absolute atomic E-state index is 0.0621. The second-order valence-corrected chi connectivity index (χ2v) is 6.02. The molecule has 26 heavy (non-hydrogen) atoms. The highest BCUT2D eigenvalue weighted by Crippen LogP contribution is 2.37. The summed E-state index contributed by atoms with van der Waals surface area (Å²) < 4.78 is 52.6. The SMILES string of the molecule is CC1=CC(c2ccc(F)cc2)=NC2=C(C(=O)O)CN([C@@H](C)C(F)(F)F)N12. The van der Waals surface area contributed by atoms with E-state index in [4.69, 9.17) is 0 Å². The van der Waals surface area contributed by atoms with E-state index >= 15 is 0 Å². The Morgan fingerprint density at radius 1 is 1.27 bits per heavy atom. The van der Waals surface area contributed by atoms with E-state index in [1.165, 1.54) is 35.4 Å². The monoisotopic (exact) mass is 369 g/mol. The van der Waals surface area contributed by atoms with Gasteiger partial charge in [-0.25, -0.2) is 14.2 Å². The van der Waals surface area contributed by atoms with Crippen LogP contribution in [0.4, 0.5) is 17.6 Å². The van der Waals surface area contributed by atoms with Crippen LogP contribution in [0.25, 0.3) is 0 Å². The standard InChI is InChI=1S/C17H15F4N3O2/c1-9-7-14(11-3-5-12(18)6-4-11)22-15-13(16(25)26)8-23(24(9)15)10(2)17(19,20)21/h3-7,10H,8H2,1-2H3,(H,25,26)/t10-/m0/s1. The Bertz CT molecular complexity index is 841. The van der Waals surface area contributed by atoms with Crippen LogP contribution in [0, 0.1) is 5.82 Å². The van der Waals surface area contributed by atoms with Crippen molar-refractivity contribution in [1.29, 1.82) is 0 Å². The second-order valence-electron chi connectivity index (χ2n) is 6.02. The maximum Gasteiger partial charge on any atom is 0.405 e. The molecule has 9 heteroatoms. The van der Waals surface area contributed by atoms with Gasteiger partial charge in [0.05, 0.1) is 17.8 Å². The number of hydrogen-bond donors (Lipinski definition) is 1. The third-order valence-electron chi connectivity index (χ3n) is 4.27. The lowest BCUT2D eigenvalue weighted by Gasteiger charge is -2.37. The van der Waals surface area contributed by atoms with Gasteiger partial charge in [0.1, 0.15) is 11.9 Å². The van der Waals surface area contributed by atoms with Gasteiger partial charge >= 0.3 is 12.1 Å². The molecule has 0 bridgehead atoms. The van der Waals surface area contributed by atoms with Gasteiger partial charge in [-0.3, -0.25) is 5.01 Å². The zero-order chi connectivity index (χ0) is 19.2. The van der Waals surface area contributed by atoms with E-state index in [1.54, 1.807) is 6.92 Å². The number of halogens is 4. The van der Waals surface area contributed by atoms with Gasteiger partial charge in [-0.05, 0) is 44.2 Å². The minimum atomic E-state index is -4.53. The predicted molar refractivity (Wildman–Crippen MR) is 85.4 cm³/mol. The third-order valence-corrected chi connectivity index (χ3v) is 4.27. The molecule has 2 heterocycles. The van der Waals surface area contributed by atoms with Crippen LogP contribution in [0.3, 0.4) is 0 Å². The van der Waals surface area contributed by atoms with Crippen molar-refractivity contribution in [3.8, 4) is 0 Å². The number of alkyl halides is 3. The van der Waals surface area contributed by atoms with Gasteiger partial charge in [0.15, 0.2) is 5.82 Å². The molecule has 3 rings (SSSR count). The van der Waals surface area contributed by atoms with Crippen LogP contribution in [-0.4, -0.2) is 45.6 Å². The van der Waals surface area contributed by atoms with E-state index in [9.17, 15) is 27.5 Å². The normalized spacial score (nSPS) is 19.2. The minimum Gasteiger partial charge on any atom is -0.478 e. The molecule has 0 fully saturated rings. The molecule has 0 spiro atoms. The zero-order valence-electron chi connectivity index (χ0n) is 13.9. The van der Waals surface area contributed by atoms with Crippen LogP contribution in [0.1, 0.15) is 19.4 Å². The Morgan fingerprint density at radius 3 is 2.42 bits per heavy atom. The topological polar surface area (TPSA) is 56.1 Å². The number of allylic oxidation sites excluding steroid dienone is 2. The Kier molecular flexibility index (Phi) is 4.35. The van der Waals surface area contributed by atoms with E-state index in [0.29, 0.717) is 17.0 Å². The molecule has 1 aromatic rings. The summed E-state index contributed by atoms with van der Waals surface area (Å²) >= 11 is 0. The summed E-state index contributed by atoms with van der Waals surface area (Å²) in [6, 6.07) is 3.51. The first-order valence-corrected chi connectivity index (χ1v) is 7.72. The highest BCUT2D eigenvalue weighted by molar-refractivity contribution is 6.10. The van der Waals surface area contributed by atoms with E-state index in [0.717, 1.165) is 11.9 Å². The Hall–Kier alpha value is -2.68. The lowest BCUT2D eigenvalue weighted by Crippen LogP contribution is -2.50. The number of carbonyl (C=O) groups is 1. The molecule has 1 N–H and O–H groups in total. The summed E-state index contributed by atoms with van der Waals surface area (Å²) in [5.41, 5.74) is 1.05. The van der Waals surface area contributed by atoms with Crippen molar-refractivity contribution in [3.63, 3.8) is 0 Å². The van der Waals surface area contributed by atoms with E-state index in [-0.39, 0.29) is 11.4 Å². The summed E-state index contributed by atoms with van der Waals surface area (Å²) in [5, 5.41) is 11.5. The lowest BCUT2D eigenvalue weighted by molar-refractivity contribution is -0.201. The summed E-state index contributed by atoms with van der Waals surface area (Å²) in [6.45, 7) is 2.12. The number of rotatable bonds is 3. The number of carboxylic acids is 1. The van der Waals surface area contributed by atoms with Crippen LogP contribution in [0.2, 0.25) is 0 Å². The number of carboxylic acid groups (broad SMARTS) is 1. The molecular weight excluding hydrogens is 354 g/mol. The fourth-order valence-electron chi connectivity index (χ4n) is 2.85. The molecule has 0 aromatic heterocycles. The van der Waals surface area contributed by atoms with E-state index < -0.39 is 30.5 Å². The summed E-state index contributed by atoms with van der Waals surface area (Å²) in [5.74, 6) is -1.84. The molecular formula is C17H15F4N3O2. The van der Waals surface area contributed by atoms with Crippen LogP contribution in [0.15, 0.2) is 52.4 Å². The number of hydrazine groups is 1. The van der Waals surface area contributed by atoms with Crippen molar-refractivity contribution in [2.75, 3.05) is 6.54 Å². The van der Waals surface area contributed by atoms with Crippen LogP contribution < -0.4 is 0 Å². The molecule has 138 valence electrons. The highest BCUT2D eigenvalue weighted by Gasteiger charge is 2.48. The van der Waals surface area contributed by atoms with Crippen molar-refractivity contribution in [3.05, 3.63) is 58.8 Å². The Morgan fingerprint density at radius 2 is 1.88 bits per heavy atom. The number of benzene rings is 1. The fraction of sp³-hybridized carbons (Fsp3) is 0.294. The van der Waals surface area contributed by atoms with Gasteiger partial charge in [0.25, 0.3) is 0 Å². The van der Waals surface area contributed by atoms with E-state index in [2.05, 4.69) is 4.99 Å². The van der Waals surface area contributed by atoms with Crippen LogP contribution in [0.5, 0.6) is 0 Å². The maximum absolute atomic E-state index is 13.2. The number of hydrogen-bond acceptors (Lipinski definition) is 4. The molecule has 0 radical (unpaired) electrons. The number of aliphatic carboxylic acids is 1. The molecule has 2 aliphatic rings. The first-order chi connectivity index (χ1) is 12.1. The van der Waals surface area contributed by atoms with Gasteiger partial charge < -0.3 is 5.11 Å². The molecule has 5 nitrogen and oxygen atoms in total. The van der Waals surface area contributed by atoms with Crippen molar-refractivity contribution in [2.45, 2.75) is 26.1 Å². The van der Waals surface area contributed by atoms with Gasteiger partial charge in [-0.15, -0.1) is 0 Å². The molecule has 0 unspecified atom stereocenters. The number of fused-ring (bicyclic) bond motifs is 1. The summed E-state index contributed by atoms with van der Waals surface area (Å²) in [6.07, 6.45) is -2.99. The Labute approximate surface area is 146 Å². The van der Waals surface area contributed by atoms with Crippen LogP contribution in [-0.2, 0) is 4.79 Å². The molecule has 0 amide bonds. The third kappa shape index (κ3) is 3.10. The van der Waals surface area contributed by atoms with E-state index in [1.807, 2.05) is 0 Å². The highest BCUT2D eigenvalue weighted by atomic mass is 19.4. The average Bonchev–Trinajstić information content (AvgIpc) is 2.94. The zero-order valence-corrected chi connectivity index (χ0v) is 13.9. The molecule has 2 aliphatic heterocycles. The maximum atomic E-state index is 13.2. The molecule has 0 saturated carbocycles. The first kappa shape index (κ1) is 18.1. The fourth-order valence-corrected chi connectivity index (χ4v) is 2.85. The number of nitrogens with zero attached hydrogens (tertiary/aromatic N) is 3. The molecule has 0 aliphatic carbocycles. The summed E-state index contributed by atoms with van der Waals surface area (Å²) in [4.78, 5) is 15.8. The van der Waals surface area contributed by atoms with Crippen molar-refractivity contribution >= 4 is 11.7 Å². The van der Waals surface area contributed by atoms with Gasteiger partial charge in [-0.2, -0.15) is 18.2 Å². The predicted octanol–water partition coefficient (Wildman–Crippen LogP) is 3.31. The van der Waals surface area contributed by atoms with Crippen molar-refractivity contribution in [2.24, 2.45) is 4.99 Å². The van der Waals surface area contributed by atoms with Crippen molar-refractivity contribution < 1.29 is 27.5 Å². The summed E-state index contributed by atoms with van der Waals surface area (Å²) in [7, 11) is 0. The molecule has 1 atom stereocenters. The van der Waals surface area contributed by atoms with Gasteiger partial charge in [0, 0.05) is 11.3 Å². The van der Waals surface area contributed by atoms with Crippen LogP contribution >= 0.6 is 0 Å². The van der Waals surface area contributed by atoms with Crippen molar-refractivity contribution in [1.82, 2.24) is 10.0 Å². The quantitative estimate of drug-likeness (QED) is 0.831. The molecule has 0 saturated heterocycles. The lowest BCUT2D eigenvalue weighted by atomic mass is 10.1. The van der Waals surface area contributed by atoms with Gasteiger partial charge in [-0.1, -0.05) is 0 Å². The molecule has 1 aromatic carbocycles. The smallest absolute Gasteiger partial charge is 0.405 e. The average molecular weight is 369 g/mol. The first-order valence-electron chi connectivity index (χ1n) is 7.72. The Balaban J connectivity index is 2.06. The van der Waals surface area contributed by atoms with Gasteiger partial charge in [0.2, 0.25) is 0 Å².